The number of thiophene rings is 1. The highest BCUT2D eigenvalue weighted by Gasteiger charge is 2.67. The van der Waals surface area contributed by atoms with Crippen molar-refractivity contribution >= 4 is 17.1 Å². The summed E-state index contributed by atoms with van der Waals surface area (Å²) < 4.78 is 0. The summed E-state index contributed by atoms with van der Waals surface area (Å²) in [5.74, 6) is 0.711. The first-order chi connectivity index (χ1) is 7.37. The van der Waals surface area contributed by atoms with Gasteiger partial charge in [0.1, 0.15) is 5.78 Å². The van der Waals surface area contributed by atoms with Crippen molar-refractivity contribution in [3.8, 4) is 0 Å². The normalized spacial score (nSPS) is 22.0. The van der Waals surface area contributed by atoms with Crippen LogP contribution in [-0.4, -0.2) is 5.78 Å². The maximum Gasteiger partial charge on any atom is 0.137 e. The second kappa shape index (κ2) is 3.69. The molecular weight excluding hydrogens is 216 g/mol. The molecule has 0 unspecified atom stereocenters. The summed E-state index contributed by atoms with van der Waals surface area (Å²) in [7, 11) is 0. The first-order valence-corrected chi connectivity index (χ1v) is 6.80. The smallest absolute Gasteiger partial charge is 0.137 e. The molecule has 1 aromatic heterocycles. The maximum atomic E-state index is 12.1. The van der Waals surface area contributed by atoms with Gasteiger partial charge in [0, 0.05) is 17.2 Å². The van der Waals surface area contributed by atoms with E-state index in [-0.39, 0.29) is 16.7 Å². The van der Waals surface area contributed by atoms with Gasteiger partial charge in [-0.05, 0) is 28.7 Å². The summed E-state index contributed by atoms with van der Waals surface area (Å²) in [6.07, 6.45) is 1.62. The van der Waals surface area contributed by atoms with Crippen molar-refractivity contribution in [2.45, 2.75) is 40.5 Å². The van der Waals surface area contributed by atoms with Gasteiger partial charge in [-0.15, -0.1) is 11.3 Å². The van der Waals surface area contributed by atoms with E-state index in [1.165, 1.54) is 4.88 Å². The third kappa shape index (κ3) is 1.73. The minimum Gasteiger partial charge on any atom is -0.299 e. The van der Waals surface area contributed by atoms with Crippen molar-refractivity contribution in [3.05, 3.63) is 22.4 Å². The summed E-state index contributed by atoms with van der Waals surface area (Å²) in [5, 5.41) is 2.07. The van der Waals surface area contributed by atoms with E-state index in [1.54, 1.807) is 11.3 Å². The number of carbonyl (C=O) groups excluding carboxylic acids is 1. The fourth-order valence-electron chi connectivity index (χ4n) is 2.85. The van der Waals surface area contributed by atoms with Crippen LogP contribution in [0.25, 0.3) is 0 Å². The predicted octanol–water partition coefficient (Wildman–Crippen LogP) is 3.93. The van der Waals surface area contributed by atoms with Gasteiger partial charge in [-0.3, -0.25) is 4.79 Å². The van der Waals surface area contributed by atoms with Crippen molar-refractivity contribution in [2.24, 2.45) is 16.7 Å². The van der Waals surface area contributed by atoms with E-state index in [2.05, 4.69) is 45.2 Å². The number of ketones is 1. The van der Waals surface area contributed by atoms with E-state index in [1.807, 2.05) is 0 Å². The molecule has 1 heterocycles. The number of aryl methyl sites for hydroxylation is 1. The van der Waals surface area contributed by atoms with Crippen LogP contribution >= 0.6 is 11.3 Å². The fourth-order valence-corrected chi connectivity index (χ4v) is 3.56. The van der Waals surface area contributed by atoms with Gasteiger partial charge in [0.05, 0.1) is 0 Å². The quantitative estimate of drug-likeness (QED) is 0.774. The third-order valence-electron chi connectivity index (χ3n) is 4.54. The zero-order chi connectivity index (χ0) is 12.0. The van der Waals surface area contributed by atoms with Crippen molar-refractivity contribution < 1.29 is 4.79 Å². The highest BCUT2D eigenvalue weighted by molar-refractivity contribution is 7.09. The number of carbonyl (C=O) groups is 1. The summed E-state index contributed by atoms with van der Waals surface area (Å²) in [5.41, 5.74) is 0.388. The molecule has 0 spiro atoms. The second-order valence-electron chi connectivity index (χ2n) is 5.92. The second-order valence-corrected chi connectivity index (χ2v) is 6.95. The Morgan fingerprint density at radius 1 is 1.31 bits per heavy atom. The Bertz CT molecular complexity index is 373. The van der Waals surface area contributed by atoms with Crippen LogP contribution in [0.3, 0.4) is 0 Å². The molecule has 2 rings (SSSR count). The molecular formula is C14H20OS. The van der Waals surface area contributed by atoms with Crippen molar-refractivity contribution in [1.29, 1.82) is 0 Å². The minimum absolute atomic E-state index is 0.194. The van der Waals surface area contributed by atoms with Gasteiger partial charge in [-0.25, -0.2) is 0 Å². The van der Waals surface area contributed by atoms with Gasteiger partial charge < -0.3 is 0 Å². The summed E-state index contributed by atoms with van der Waals surface area (Å²) in [6.45, 7) is 8.84. The van der Waals surface area contributed by atoms with Crippen molar-refractivity contribution in [2.75, 3.05) is 0 Å². The van der Waals surface area contributed by atoms with Crippen LogP contribution in [0.1, 0.15) is 39.0 Å². The van der Waals surface area contributed by atoms with E-state index in [0.29, 0.717) is 12.2 Å². The molecule has 0 aliphatic heterocycles. The largest absolute Gasteiger partial charge is 0.299 e. The SMILES string of the molecule is CC1(C)C(C(=O)CCc2cccs2)C1(C)C. The van der Waals surface area contributed by atoms with Crippen LogP contribution in [0, 0.1) is 16.7 Å². The molecule has 1 aliphatic rings. The Hall–Kier alpha value is -0.630. The molecule has 0 atom stereocenters. The summed E-state index contributed by atoms with van der Waals surface area (Å²) >= 11 is 1.74. The van der Waals surface area contributed by atoms with Crippen LogP contribution in [-0.2, 0) is 11.2 Å². The van der Waals surface area contributed by atoms with Gasteiger partial charge in [-0.2, -0.15) is 0 Å². The number of hydrogen-bond donors (Lipinski definition) is 0. The Morgan fingerprint density at radius 2 is 1.94 bits per heavy atom. The minimum atomic E-state index is 0.194. The van der Waals surface area contributed by atoms with Gasteiger partial charge >= 0.3 is 0 Å². The average molecular weight is 236 g/mol. The maximum absolute atomic E-state index is 12.1. The summed E-state index contributed by atoms with van der Waals surface area (Å²) in [6, 6.07) is 4.16. The van der Waals surface area contributed by atoms with Gasteiger partial charge in [0.25, 0.3) is 0 Å². The molecule has 88 valence electrons. The summed E-state index contributed by atoms with van der Waals surface area (Å²) in [4.78, 5) is 13.5. The van der Waals surface area contributed by atoms with Gasteiger partial charge in [0.2, 0.25) is 0 Å². The lowest BCUT2D eigenvalue weighted by molar-refractivity contribution is -0.121. The lowest BCUT2D eigenvalue weighted by Crippen LogP contribution is -2.07. The lowest BCUT2D eigenvalue weighted by Gasteiger charge is -2.03. The Morgan fingerprint density at radius 3 is 2.38 bits per heavy atom. The number of rotatable bonds is 4. The molecule has 1 aromatic rings. The standard InChI is InChI=1S/C14H20OS/c1-13(2)12(14(13,3)4)11(15)8-7-10-6-5-9-16-10/h5-6,9,12H,7-8H2,1-4H3. The Labute approximate surface area is 102 Å². The van der Waals surface area contributed by atoms with Crippen molar-refractivity contribution in [3.63, 3.8) is 0 Å². The van der Waals surface area contributed by atoms with E-state index >= 15 is 0 Å². The molecule has 0 radical (unpaired) electrons. The molecule has 1 fully saturated rings. The fraction of sp³-hybridized carbons (Fsp3) is 0.643. The first kappa shape index (κ1) is 11.8. The van der Waals surface area contributed by atoms with Gasteiger partial charge in [-0.1, -0.05) is 33.8 Å². The van der Waals surface area contributed by atoms with E-state index in [0.717, 1.165) is 6.42 Å². The Balaban J connectivity index is 1.91. The zero-order valence-corrected chi connectivity index (χ0v) is 11.4. The van der Waals surface area contributed by atoms with E-state index in [4.69, 9.17) is 0 Å². The van der Waals surface area contributed by atoms with Crippen LogP contribution in [0.15, 0.2) is 17.5 Å². The Kier molecular flexibility index (Phi) is 2.73. The highest BCUT2D eigenvalue weighted by Crippen LogP contribution is 2.68. The topological polar surface area (TPSA) is 17.1 Å². The van der Waals surface area contributed by atoms with Crippen LogP contribution < -0.4 is 0 Å². The predicted molar refractivity (Wildman–Crippen MR) is 68.7 cm³/mol. The van der Waals surface area contributed by atoms with Gasteiger partial charge in [0.15, 0.2) is 0 Å². The van der Waals surface area contributed by atoms with Crippen molar-refractivity contribution in [1.82, 2.24) is 0 Å². The monoisotopic (exact) mass is 236 g/mol. The molecule has 1 aliphatic carbocycles. The molecule has 16 heavy (non-hydrogen) atoms. The van der Waals surface area contributed by atoms with E-state index < -0.39 is 0 Å². The number of hydrogen-bond acceptors (Lipinski definition) is 2. The lowest BCUT2D eigenvalue weighted by atomic mass is 10.0. The molecule has 0 N–H and O–H groups in total. The van der Waals surface area contributed by atoms with Crippen LogP contribution in [0.2, 0.25) is 0 Å². The van der Waals surface area contributed by atoms with Crippen LogP contribution in [0.4, 0.5) is 0 Å². The molecule has 0 amide bonds. The first-order valence-electron chi connectivity index (χ1n) is 5.92. The molecule has 0 saturated heterocycles. The van der Waals surface area contributed by atoms with Crippen LogP contribution in [0.5, 0.6) is 0 Å². The number of Topliss-reactive ketones (excluding diaryl/α,β-unsaturated/α-hetero) is 1. The third-order valence-corrected chi connectivity index (χ3v) is 5.48. The molecule has 1 nitrogen and oxygen atoms in total. The molecule has 0 bridgehead atoms. The molecule has 1 saturated carbocycles. The highest BCUT2D eigenvalue weighted by atomic mass is 32.1. The average Bonchev–Trinajstić information content (AvgIpc) is 2.61. The molecule has 2 heteroatoms. The molecule has 0 aromatic carbocycles. The van der Waals surface area contributed by atoms with E-state index in [9.17, 15) is 4.79 Å². The zero-order valence-electron chi connectivity index (χ0n) is 10.5.